The number of hydroxylamine groups is 1. The minimum atomic E-state index is -0.145. The molecule has 2 N–H and O–H groups in total. The van der Waals surface area contributed by atoms with Gasteiger partial charge in [-0.15, -0.1) is 0 Å². The van der Waals surface area contributed by atoms with Crippen LogP contribution in [0.4, 0.5) is 0 Å². The van der Waals surface area contributed by atoms with E-state index < -0.39 is 0 Å². The van der Waals surface area contributed by atoms with Crippen LogP contribution < -0.4 is 5.48 Å². The normalized spacial score (nSPS) is 9.29. The van der Waals surface area contributed by atoms with Crippen molar-refractivity contribution in [2.24, 2.45) is 0 Å². The number of unbranched alkanes of at least 4 members (excludes halogenated alkanes) is 2. The number of aromatic amines is 1. The van der Waals surface area contributed by atoms with E-state index in [1.165, 1.54) is 0 Å². The van der Waals surface area contributed by atoms with Gasteiger partial charge in [-0.2, -0.15) is 5.48 Å². The second kappa shape index (κ2) is 12.7. The summed E-state index contributed by atoms with van der Waals surface area (Å²) in [5.41, 5.74) is 2.65. The van der Waals surface area contributed by atoms with Gasteiger partial charge in [0.05, 0.1) is 6.33 Å². The van der Waals surface area contributed by atoms with Crippen molar-refractivity contribution < 1.29 is 9.63 Å². The lowest BCUT2D eigenvalue weighted by Crippen LogP contribution is -2.20. The third kappa shape index (κ3) is 12.6. The first-order valence-electron chi connectivity index (χ1n) is 6.16. The standard InChI is InChI=1S/C9H19NO2.C3H4N2/c1-3-5-7-9(11)12-10-8-6-4-2;1-2-5-3-4-1/h10H,3-8H2,1-2H3;1-3H,(H,4,5). The molecule has 1 aromatic rings. The lowest BCUT2D eigenvalue weighted by Gasteiger charge is -2.03. The Morgan fingerprint density at radius 2 is 2.12 bits per heavy atom. The second-order valence-electron chi connectivity index (χ2n) is 3.59. The maximum absolute atomic E-state index is 10.9. The first-order chi connectivity index (χ1) is 8.31. The molecule has 0 saturated carbocycles. The zero-order valence-corrected chi connectivity index (χ0v) is 10.7. The molecule has 17 heavy (non-hydrogen) atoms. The number of nitrogens with zero attached hydrogens (tertiary/aromatic N) is 1. The third-order valence-corrected chi connectivity index (χ3v) is 1.96. The van der Waals surface area contributed by atoms with Crippen molar-refractivity contribution in [2.75, 3.05) is 6.54 Å². The third-order valence-electron chi connectivity index (χ3n) is 1.96. The zero-order valence-electron chi connectivity index (χ0n) is 10.7. The highest BCUT2D eigenvalue weighted by molar-refractivity contribution is 5.68. The number of rotatable bonds is 7. The van der Waals surface area contributed by atoms with Crippen LogP contribution in [0.1, 0.15) is 46.0 Å². The Morgan fingerprint density at radius 3 is 2.59 bits per heavy atom. The van der Waals surface area contributed by atoms with Crippen LogP contribution >= 0.6 is 0 Å². The van der Waals surface area contributed by atoms with E-state index in [-0.39, 0.29) is 5.97 Å². The van der Waals surface area contributed by atoms with E-state index in [1.807, 2.05) is 0 Å². The van der Waals surface area contributed by atoms with E-state index in [0.29, 0.717) is 6.42 Å². The molecule has 0 aliphatic carbocycles. The van der Waals surface area contributed by atoms with Crippen molar-refractivity contribution in [1.29, 1.82) is 0 Å². The number of carbonyl (C=O) groups excluding carboxylic acids is 1. The van der Waals surface area contributed by atoms with Gasteiger partial charge in [0, 0.05) is 25.4 Å². The van der Waals surface area contributed by atoms with Crippen LogP contribution in [0.2, 0.25) is 0 Å². The zero-order chi connectivity index (χ0) is 12.8. The van der Waals surface area contributed by atoms with Gasteiger partial charge in [0.2, 0.25) is 0 Å². The van der Waals surface area contributed by atoms with Crippen molar-refractivity contribution in [1.82, 2.24) is 15.4 Å². The van der Waals surface area contributed by atoms with Crippen LogP contribution in [0.25, 0.3) is 0 Å². The van der Waals surface area contributed by atoms with E-state index in [0.717, 1.165) is 32.2 Å². The van der Waals surface area contributed by atoms with Crippen LogP contribution in [0.3, 0.4) is 0 Å². The fourth-order valence-electron chi connectivity index (χ4n) is 0.968. The van der Waals surface area contributed by atoms with Gasteiger partial charge in [0.15, 0.2) is 0 Å². The Balaban J connectivity index is 0.000000419. The minimum absolute atomic E-state index is 0.145. The fourth-order valence-corrected chi connectivity index (χ4v) is 0.968. The Kier molecular flexibility index (Phi) is 11.7. The number of aromatic nitrogens is 2. The summed E-state index contributed by atoms with van der Waals surface area (Å²) < 4.78 is 0. The molecule has 0 aromatic carbocycles. The summed E-state index contributed by atoms with van der Waals surface area (Å²) in [5.74, 6) is -0.145. The molecule has 0 bridgehead atoms. The summed E-state index contributed by atoms with van der Waals surface area (Å²) in [6.45, 7) is 4.91. The van der Waals surface area contributed by atoms with E-state index in [2.05, 4.69) is 29.3 Å². The molecule has 0 fully saturated rings. The lowest BCUT2D eigenvalue weighted by molar-refractivity contribution is -0.151. The lowest BCUT2D eigenvalue weighted by atomic mass is 10.3. The van der Waals surface area contributed by atoms with E-state index in [4.69, 9.17) is 4.84 Å². The van der Waals surface area contributed by atoms with E-state index in [9.17, 15) is 4.79 Å². The van der Waals surface area contributed by atoms with Gasteiger partial charge in [-0.05, 0) is 12.8 Å². The largest absolute Gasteiger partial charge is 0.371 e. The maximum atomic E-state index is 10.9. The van der Waals surface area contributed by atoms with Gasteiger partial charge in [-0.1, -0.05) is 26.7 Å². The van der Waals surface area contributed by atoms with Gasteiger partial charge < -0.3 is 9.82 Å². The van der Waals surface area contributed by atoms with Crippen molar-refractivity contribution in [3.05, 3.63) is 18.7 Å². The highest BCUT2D eigenvalue weighted by Crippen LogP contribution is 1.94. The van der Waals surface area contributed by atoms with Crippen molar-refractivity contribution in [2.45, 2.75) is 46.0 Å². The maximum Gasteiger partial charge on any atom is 0.324 e. The Morgan fingerprint density at radius 1 is 1.35 bits per heavy atom. The Hall–Kier alpha value is -1.36. The van der Waals surface area contributed by atoms with E-state index in [1.54, 1.807) is 18.7 Å². The molecule has 1 heterocycles. The number of H-pyrrole nitrogens is 1. The van der Waals surface area contributed by atoms with Crippen molar-refractivity contribution in [3.8, 4) is 0 Å². The molecule has 0 radical (unpaired) electrons. The summed E-state index contributed by atoms with van der Waals surface area (Å²) in [6, 6.07) is 0. The highest BCUT2D eigenvalue weighted by Gasteiger charge is 1.99. The van der Waals surface area contributed by atoms with Gasteiger partial charge in [-0.3, -0.25) is 4.79 Å². The van der Waals surface area contributed by atoms with Crippen LogP contribution in [-0.2, 0) is 9.63 Å². The molecule has 1 aromatic heterocycles. The van der Waals surface area contributed by atoms with Crippen LogP contribution in [-0.4, -0.2) is 22.5 Å². The van der Waals surface area contributed by atoms with Crippen LogP contribution in [0.5, 0.6) is 0 Å². The number of nitrogens with one attached hydrogen (secondary N) is 2. The molecule has 5 nitrogen and oxygen atoms in total. The molecule has 0 amide bonds. The smallest absolute Gasteiger partial charge is 0.324 e. The van der Waals surface area contributed by atoms with Crippen LogP contribution in [0.15, 0.2) is 18.7 Å². The first-order valence-corrected chi connectivity index (χ1v) is 6.16. The van der Waals surface area contributed by atoms with Gasteiger partial charge in [0.25, 0.3) is 0 Å². The Labute approximate surface area is 103 Å². The Bertz CT molecular complexity index is 233. The predicted octanol–water partition coefficient (Wildman–Crippen LogP) is 2.43. The molecule has 1 rings (SSSR count). The molecule has 0 saturated heterocycles. The molecule has 98 valence electrons. The van der Waals surface area contributed by atoms with Gasteiger partial charge in [-0.25, -0.2) is 4.98 Å². The summed E-state index contributed by atoms with van der Waals surface area (Å²) in [7, 11) is 0. The fraction of sp³-hybridized carbons (Fsp3) is 0.667. The molecule has 0 aliphatic heterocycles. The highest BCUT2D eigenvalue weighted by atomic mass is 16.7. The molecular weight excluding hydrogens is 218 g/mol. The summed E-state index contributed by atoms with van der Waals surface area (Å²) in [6.07, 6.45) is 9.70. The molecule has 0 spiro atoms. The monoisotopic (exact) mass is 241 g/mol. The minimum Gasteiger partial charge on any atom is -0.371 e. The molecule has 0 unspecified atom stereocenters. The molecule has 0 aliphatic rings. The number of carbonyl (C=O) groups is 1. The van der Waals surface area contributed by atoms with E-state index >= 15 is 0 Å². The predicted molar refractivity (Wildman–Crippen MR) is 67.1 cm³/mol. The number of imidazole rings is 1. The topological polar surface area (TPSA) is 67.0 Å². The second-order valence-corrected chi connectivity index (χ2v) is 3.59. The summed E-state index contributed by atoms with van der Waals surface area (Å²) in [5, 5.41) is 0. The number of hydrogen-bond acceptors (Lipinski definition) is 4. The molecule has 5 heteroatoms. The quantitative estimate of drug-likeness (QED) is 0.568. The SMILES string of the molecule is CCCCNOC(=O)CCCC.c1c[nH]cn1. The van der Waals surface area contributed by atoms with Crippen LogP contribution in [0, 0.1) is 0 Å². The average molecular weight is 241 g/mol. The summed E-state index contributed by atoms with van der Waals surface area (Å²) >= 11 is 0. The average Bonchev–Trinajstić information content (AvgIpc) is 2.91. The van der Waals surface area contributed by atoms with Crippen molar-refractivity contribution in [3.63, 3.8) is 0 Å². The molecular formula is C12H23N3O2. The van der Waals surface area contributed by atoms with Crippen molar-refractivity contribution >= 4 is 5.97 Å². The van der Waals surface area contributed by atoms with Gasteiger partial charge >= 0.3 is 5.97 Å². The van der Waals surface area contributed by atoms with Gasteiger partial charge in [0.1, 0.15) is 0 Å². The first kappa shape index (κ1) is 15.6. The summed E-state index contributed by atoms with van der Waals surface area (Å²) in [4.78, 5) is 22.1. The molecule has 0 atom stereocenters. The number of hydrogen-bond donors (Lipinski definition) is 2.